The topological polar surface area (TPSA) is 29.5 Å². The maximum Gasteiger partial charge on any atom is 0.122 e. The summed E-state index contributed by atoms with van der Waals surface area (Å²) in [5.41, 5.74) is 1.25. The van der Waals surface area contributed by atoms with E-state index in [-0.39, 0.29) is 6.10 Å². The Hall–Kier alpha value is -1.02. The van der Waals surface area contributed by atoms with Gasteiger partial charge in [-0.25, -0.2) is 0 Å². The summed E-state index contributed by atoms with van der Waals surface area (Å²) in [6.07, 6.45) is 3.38. The zero-order valence-electron chi connectivity index (χ0n) is 10.3. The summed E-state index contributed by atoms with van der Waals surface area (Å²) in [6.45, 7) is 4.81. The smallest absolute Gasteiger partial charge is 0.122 e. The lowest BCUT2D eigenvalue weighted by Gasteiger charge is -2.11. The van der Waals surface area contributed by atoms with Gasteiger partial charge in [-0.05, 0) is 37.3 Å². The minimum atomic E-state index is -0.176. The van der Waals surface area contributed by atoms with Gasteiger partial charge < -0.3 is 9.84 Å². The third kappa shape index (κ3) is 4.23. The van der Waals surface area contributed by atoms with Crippen LogP contribution in [-0.4, -0.2) is 17.8 Å². The molecule has 0 aliphatic carbocycles. The lowest BCUT2D eigenvalue weighted by atomic mass is 10.1. The average molecular weight is 222 g/mol. The van der Waals surface area contributed by atoms with Crippen molar-refractivity contribution in [3.8, 4) is 5.75 Å². The molecule has 0 spiro atoms. The number of hydrogen-bond donors (Lipinski definition) is 1. The maximum atomic E-state index is 9.40. The van der Waals surface area contributed by atoms with Gasteiger partial charge in [0.15, 0.2) is 0 Å². The molecule has 0 saturated carbocycles. The largest absolute Gasteiger partial charge is 0.493 e. The molecule has 0 fully saturated rings. The van der Waals surface area contributed by atoms with E-state index >= 15 is 0 Å². The van der Waals surface area contributed by atoms with Crippen molar-refractivity contribution >= 4 is 0 Å². The van der Waals surface area contributed by atoms with Crippen LogP contribution in [0.2, 0.25) is 0 Å². The fourth-order valence-corrected chi connectivity index (χ4v) is 1.64. The fraction of sp³-hybridized carbons (Fsp3) is 0.571. The second-order valence-corrected chi connectivity index (χ2v) is 4.01. The summed E-state index contributed by atoms with van der Waals surface area (Å²) < 4.78 is 5.71. The van der Waals surface area contributed by atoms with E-state index in [1.807, 2.05) is 25.1 Å². The summed E-state index contributed by atoms with van der Waals surface area (Å²) in [4.78, 5) is 0. The monoisotopic (exact) mass is 222 g/mol. The first-order valence-corrected chi connectivity index (χ1v) is 6.16. The SMILES string of the molecule is CCc1ccccc1OCCCC(O)CC. The Morgan fingerprint density at radius 1 is 1.25 bits per heavy atom. The number of para-hydroxylation sites is 1. The summed E-state index contributed by atoms with van der Waals surface area (Å²) in [6, 6.07) is 8.13. The van der Waals surface area contributed by atoms with Gasteiger partial charge in [0.25, 0.3) is 0 Å². The van der Waals surface area contributed by atoms with Crippen LogP contribution in [0.25, 0.3) is 0 Å². The number of ether oxygens (including phenoxy) is 1. The van der Waals surface area contributed by atoms with E-state index in [1.165, 1.54) is 5.56 Å². The molecule has 0 amide bonds. The average Bonchev–Trinajstić information content (AvgIpc) is 2.34. The predicted molar refractivity (Wildman–Crippen MR) is 66.8 cm³/mol. The van der Waals surface area contributed by atoms with Crippen molar-refractivity contribution in [1.29, 1.82) is 0 Å². The van der Waals surface area contributed by atoms with Crippen LogP contribution in [0.4, 0.5) is 0 Å². The van der Waals surface area contributed by atoms with Crippen molar-refractivity contribution in [3.05, 3.63) is 29.8 Å². The molecule has 90 valence electrons. The molecule has 1 aromatic carbocycles. The Bertz CT molecular complexity index is 297. The summed E-state index contributed by atoms with van der Waals surface area (Å²) in [5, 5.41) is 9.40. The van der Waals surface area contributed by atoms with E-state index in [0.717, 1.165) is 31.4 Å². The van der Waals surface area contributed by atoms with Gasteiger partial charge in [-0.3, -0.25) is 0 Å². The summed E-state index contributed by atoms with van der Waals surface area (Å²) in [5.74, 6) is 0.982. The molecule has 1 rings (SSSR count). The van der Waals surface area contributed by atoms with Crippen molar-refractivity contribution in [3.63, 3.8) is 0 Å². The Morgan fingerprint density at radius 2 is 2.00 bits per heavy atom. The number of benzene rings is 1. The molecule has 0 bridgehead atoms. The number of rotatable bonds is 7. The normalized spacial score (nSPS) is 12.4. The minimum Gasteiger partial charge on any atom is -0.493 e. The van der Waals surface area contributed by atoms with Gasteiger partial charge in [0.05, 0.1) is 12.7 Å². The van der Waals surface area contributed by atoms with Crippen LogP contribution in [0.15, 0.2) is 24.3 Å². The van der Waals surface area contributed by atoms with Crippen molar-refractivity contribution < 1.29 is 9.84 Å². The molecular weight excluding hydrogens is 200 g/mol. The Kier molecular flexibility index (Phi) is 5.94. The zero-order chi connectivity index (χ0) is 11.8. The molecule has 0 radical (unpaired) electrons. The highest BCUT2D eigenvalue weighted by molar-refractivity contribution is 5.33. The van der Waals surface area contributed by atoms with Crippen LogP contribution in [0.1, 0.15) is 38.7 Å². The van der Waals surface area contributed by atoms with E-state index in [9.17, 15) is 5.11 Å². The lowest BCUT2D eigenvalue weighted by molar-refractivity contribution is 0.148. The number of aliphatic hydroxyl groups excluding tert-OH is 1. The highest BCUT2D eigenvalue weighted by atomic mass is 16.5. The van der Waals surface area contributed by atoms with Crippen LogP contribution in [-0.2, 0) is 6.42 Å². The van der Waals surface area contributed by atoms with Crippen LogP contribution in [0.5, 0.6) is 5.75 Å². The highest BCUT2D eigenvalue weighted by Gasteiger charge is 2.02. The maximum absolute atomic E-state index is 9.40. The van der Waals surface area contributed by atoms with Crippen molar-refractivity contribution in [2.45, 2.75) is 45.6 Å². The molecular formula is C14H22O2. The van der Waals surface area contributed by atoms with Gasteiger partial charge in [-0.15, -0.1) is 0 Å². The number of hydrogen-bond acceptors (Lipinski definition) is 2. The predicted octanol–water partition coefficient (Wildman–Crippen LogP) is 3.18. The molecule has 1 unspecified atom stereocenters. The number of aryl methyl sites for hydroxylation is 1. The van der Waals surface area contributed by atoms with Crippen molar-refractivity contribution in [2.24, 2.45) is 0 Å². The second-order valence-electron chi connectivity index (χ2n) is 4.01. The molecule has 2 heteroatoms. The molecule has 1 N–H and O–H groups in total. The third-order valence-electron chi connectivity index (χ3n) is 2.76. The van der Waals surface area contributed by atoms with E-state index in [4.69, 9.17) is 4.74 Å². The minimum absolute atomic E-state index is 0.176. The first kappa shape index (κ1) is 13.0. The third-order valence-corrected chi connectivity index (χ3v) is 2.76. The zero-order valence-corrected chi connectivity index (χ0v) is 10.3. The molecule has 0 aliphatic heterocycles. The van der Waals surface area contributed by atoms with Crippen LogP contribution in [0, 0.1) is 0 Å². The van der Waals surface area contributed by atoms with Crippen LogP contribution < -0.4 is 4.74 Å². The summed E-state index contributed by atoms with van der Waals surface area (Å²) >= 11 is 0. The van der Waals surface area contributed by atoms with E-state index in [2.05, 4.69) is 13.0 Å². The standard InChI is InChI=1S/C14H22O2/c1-3-12-8-5-6-10-14(12)16-11-7-9-13(15)4-2/h5-6,8,10,13,15H,3-4,7,9,11H2,1-2H3. The second kappa shape index (κ2) is 7.29. The van der Waals surface area contributed by atoms with E-state index in [1.54, 1.807) is 0 Å². The fourth-order valence-electron chi connectivity index (χ4n) is 1.64. The molecule has 0 aliphatic rings. The van der Waals surface area contributed by atoms with Crippen LogP contribution >= 0.6 is 0 Å². The Morgan fingerprint density at radius 3 is 2.69 bits per heavy atom. The molecule has 1 atom stereocenters. The molecule has 1 aromatic rings. The molecule has 2 nitrogen and oxygen atoms in total. The summed E-state index contributed by atoms with van der Waals surface area (Å²) in [7, 11) is 0. The van der Waals surface area contributed by atoms with Gasteiger partial charge in [0, 0.05) is 0 Å². The van der Waals surface area contributed by atoms with E-state index in [0.29, 0.717) is 6.61 Å². The van der Waals surface area contributed by atoms with Gasteiger partial charge in [0.1, 0.15) is 5.75 Å². The van der Waals surface area contributed by atoms with Crippen molar-refractivity contribution in [1.82, 2.24) is 0 Å². The van der Waals surface area contributed by atoms with Gasteiger partial charge in [-0.2, -0.15) is 0 Å². The Labute approximate surface area is 98.3 Å². The van der Waals surface area contributed by atoms with Gasteiger partial charge in [-0.1, -0.05) is 32.0 Å². The molecule has 0 heterocycles. The van der Waals surface area contributed by atoms with Gasteiger partial charge in [0.2, 0.25) is 0 Å². The van der Waals surface area contributed by atoms with Crippen molar-refractivity contribution in [2.75, 3.05) is 6.61 Å². The quantitative estimate of drug-likeness (QED) is 0.718. The Balaban J connectivity index is 2.31. The highest BCUT2D eigenvalue weighted by Crippen LogP contribution is 2.18. The van der Waals surface area contributed by atoms with Gasteiger partial charge >= 0.3 is 0 Å². The number of aliphatic hydroxyl groups is 1. The first-order chi connectivity index (χ1) is 7.77. The van der Waals surface area contributed by atoms with Crippen LogP contribution in [0.3, 0.4) is 0 Å². The first-order valence-electron chi connectivity index (χ1n) is 6.16. The molecule has 16 heavy (non-hydrogen) atoms. The molecule has 0 saturated heterocycles. The lowest BCUT2D eigenvalue weighted by Crippen LogP contribution is -2.07. The molecule has 0 aromatic heterocycles. The van der Waals surface area contributed by atoms with E-state index < -0.39 is 0 Å².